The first-order valence-electron chi connectivity index (χ1n) is 12.7. The van der Waals surface area contributed by atoms with E-state index in [-0.39, 0.29) is 17.4 Å². The number of nitrogens with one attached hydrogen (secondary N) is 1. The molecule has 8 heteroatoms. The first-order valence-corrected chi connectivity index (χ1v) is 12.7. The minimum Gasteiger partial charge on any atom is -0.497 e. The molecule has 0 bridgehead atoms. The number of anilines is 2. The van der Waals surface area contributed by atoms with Crippen molar-refractivity contribution in [2.24, 2.45) is 0 Å². The van der Waals surface area contributed by atoms with Crippen molar-refractivity contribution in [3.63, 3.8) is 0 Å². The second kappa shape index (κ2) is 9.35. The lowest BCUT2D eigenvalue weighted by Crippen LogP contribution is -2.35. The largest absolute Gasteiger partial charge is 0.497 e. The summed E-state index contributed by atoms with van der Waals surface area (Å²) in [6, 6.07) is 15.7. The molecule has 1 N–H and O–H groups in total. The van der Waals surface area contributed by atoms with Gasteiger partial charge in [-0.1, -0.05) is 17.7 Å². The monoisotopic (exact) mass is 495 g/mol. The highest BCUT2D eigenvalue weighted by atomic mass is 16.5. The average molecular weight is 496 g/mol. The van der Waals surface area contributed by atoms with E-state index in [0.29, 0.717) is 12.2 Å². The zero-order chi connectivity index (χ0) is 25.5. The van der Waals surface area contributed by atoms with Gasteiger partial charge in [-0.25, -0.2) is 9.97 Å². The maximum atomic E-state index is 13.3. The number of aryl methyl sites for hydroxylation is 1. The molecule has 0 radical (unpaired) electrons. The fourth-order valence-electron chi connectivity index (χ4n) is 5.57. The molecule has 0 aliphatic carbocycles. The van der Waals surface area contributed by atoms with Crippen LogP contribution < -0.4 is 20.1 Å². The second-order valence-electron chi connectivity index (χ2n) is 9.87. The fourth-order valence-corrected chi connectivity index (χ4v) is 5.57. The van der Waals surface area contributed by atoms with E-state index < -0.39 is 0 Å². The molecular weight excluding hydrogens is 466 g/mol. The van der Waals surface area contributed by atoms with Gasteiger partial charge < -0.3 is 19.5 Å². The normalized spacial score (nSPS) is 15.7. The smallest absolute Gasteiger partial charge is 0.277 e. The van der Waals surface area contributed by atoms with Crippen molar-refractivity contribution in [2.45, 2.75) is 32.1 Å². The molecule has 37 heavy (non-hydrogen) atoms. The third kappa shape index (κ3) is 4.33. The second-order valence-corrected chi connectivity index (χ2v) is 9.87. The molecule has 2 aliphatic rings. The number of hydrogen-bond acceptors (Lipinski definition) is 6. The van der Waals surface area contributed by atoms with Crippen molar-refractivity contribution in [3.05, 3.63) is 87.6 Å². The highest BCUT2D eigenvalue weighted by molar-refractivity contribution is 6.06. The minimum absolute atomic E-state index is 0.0351. The van der Waals surface area contributed by atoms with Gasteiger partial charge in [0.1, 0.15) is 23.6 Å². The van der Waals surface area contributed by atoms with Crippen molar-refractivity contribution >= 4 is 28.3 Å². The van der Waals surface area contributed by atoms with Crippen LogP contribution in [0.25, 0.3) is 10.9 Å². The first-order chi connectivity index (χ1) is 18.0. The highest BCUT2D eigenvalue weighted by Crippen LogP contribution is 2.32. The number of piperidine rings is 1. The molecule has 6 rings (SSSR count). The molecule has 2 aromatic heterocycles. The summed E-state index contributed by atoms with van der Waals surface area (Å²) < 4.78 is 5.34. The van der Waals surface area contributed by atoms with E-state index in [1.165, 1.54) is 17.5 Å². The molecule has 0 unspecified atom stereocenters. The lowest BCUT2D eigenvalue weighted by Gasteiger charge is -2.32. The predicted molar refractivity (Wildman–Crippen MR) is 144 cm³/mol. The van der Waals surface area contributed by atoms with Crippen LogP contribution in [0.3, 0.4) is 0 Å². The molecule has 2 aliphatic heterocycles. The van der Waals surface area contributed by atoms with Gasteiger partial charge in [0.25, 0.3) is 11.5 Å². The van der Waals surface area contributed by atoms with Crippen molar-refractivity contribution in [1.82, 2.24) is 15.0 Å². The molecule has 1 fully saturated rings. The highest BCUT2D eigenvalue weighted by Gasteiger charge is 2.28. The van der Waals surface area contributed by atoms with Gasteiger partial charge in [0.2, 0.25) is 0 Å². The Bertz CT molecular complexity index is 1560. The number of rotatable bonds is 4. The number of carbonyl (C=O) groups is 1. The Morgan fingerprint density at radius 1 is 1.03 bits per heavy atom. The lowest BCUT2D eigenvalue weighted by atomic mass is 9.89. The zero-order valence-corrected chi connectivity index (χ0v) is 21.0. The number of amides is 1. The number of benzene rings is 2. The summed E-state index contributed by atoms with van der Waals surface area (Å²) in [6.07, 6.45) is 3.98. The van der Waals surface area contributed by atoms with Crippen LogP contribution in [0, 0.1) is 6.92 Å². The number of carbonyl (C=O) groups excluding carboxylic acids is 1. The van der Waals surface area contributed by atoms with Crippen LogP contribution in [0.1, 0.15) is 45.9 Å². The van der Waals surface area contributed by atoms with Crippen LogP contribution >= 0.6 is 0 Å². The minimum atomic E-state index is -0.0979. The van der Waals surface area contributed by atoms with Crippen LogP contribution in [-0.4, -0.2) is 47.6 Å². The number of ether oxygens (including phenoxy) is 1. The van der Waals surface area contributed by atoms with Crippen LogP contribution in [0.4, 0.5) is 11.5 Å². The Morgan fingerprint density at radius 2 is 1.86 bits per heavy atom. The van der Waals surface area contributed by atoms with Crippen molar-refractivity contribution in [1.29, 1.82) is 0 Å². The predicted octanol–water partition coefficient (Wildman–Crippen LogP) is 4.22. The van der Waals surface area contributed by atoms with Crippen molar-refractivity contribution in [3.8, 4) is 5.75 Å². The molecule has 2 aromatic carbocycles. The molecular formula is C29H29N5O3. The quantitative estimate of drug-likeness (QED) is 0.456. The summed E-state index contributed by atoms with van der Waals surface area (Å²) in [6.45, 7) is 4.22. The number of fused-ring (bicyclic) bond motifs is 2. The summed E-state index contributed by atoms with van der Waals surface area (Å²) in [5, 5.41) is 0.967. The van der Waals surface area contributed by atoms with Gasteiger partial charge in [-0.3, -0.25) is 9.59 Å². The summed E-state index contributed by atoms with van der Waals surface area (Å²) in [7, 11) is 1.64. The van der Waals surface area contributed by atoms with Gasteiger partial charge in [-0.2, -0.15) is 0 Å². The molecule has 1 amide bonds. The lowest BCUT2D eigenvalue weighted by molar-refractivity contribution is 0.0984. The summed E-state index contributed by atoms with van der Waals surface area (Å²) >= 11 is 0. The number of methoxy groups -OCH3 is 1. The summed E-state index contributed by atoms with van der Waals surface area (Å²) in [5.74, 6) is 1.57. The van der Waals surface area contributed by atoms with Crippen LogP contribution in [0.5, 0.6) is 5.75 Å². The van der Waals surface area contributed by atoms with Crippen LogP contribution in [0.2, 0.25) is 0 Å². The molecule has 0 spiro atoms. The number of nitrogens with zero attached hydrogens (tertiary/aromatic N) is 4. The van der Waals surface area contributed by atoms with E-state index in [1.54, 1.807) is 13.2 Å². The molecule has 188 valence electrons. The maximum Gasteiger partial charge on any atom is 0.277 e. The third-order valence-corrected chi connectivity index (χ3v) is 7.59. The van der Waals surface area contributed by atoms with Gasteiger partial charge in [0.05, 0.1) is 7.11 Å². The number of aromatic nitrogens is 3. The zero-order valence-electron chi connectivity index (χ0n) is 21.0. The number of hydrogen-bond donors (Lipinski definition) is 1. The Kier molecular flexibility index (Phi) is 5.87. The van der Waals surface area contributed by atoms with Gasteiger partial charge in [0.15, 0.2) is 0 Å². The molecule has 8 nitrogen and oxygen atoms in total. The summed E-state index contributed by atoms with van der Waals surface area (Å²) in [5.41, 5.74) is 5.35. The van der Waals surface area contributed by atoms with E-state index in [9.17, 15) is 9.59 Å². The van der Waals surface area contributed by atoms with E-state index >= 15 is 0 Å². The van der Waals surface area contributed by atoms with E-state index in [4.69, 9.17) is 4.74 Å². The maximum absolute atomic E-state index is 13.3. The topological polar surface area (TPSA) is 91.4 Å². The van der Waals surface area contributed by atoms with Gasteiger partial charge in [-0.05, 0) is 68.0 Å². The molecule has 0 saturated carbocycles. The number of pyridine rings is 1. The van der Waals surface area contributed by atoms with Crippen LogP contribution in [0.15, 0.2) is 59.7 Å². The third-order valence-electron chi connectivity index (χ3n) is 7.59. The SMILES string of the molecule is COc1ccc2[nH]c(=O)c(C3CCN(c4cc(C(=O)N5CCc6cc(C)ccc65)ncn4)CC3)cc2c1. The Hall–Kier alpha value is -4.20. The summed E-state index contributed by atoms with van der Waals surface area (Å²) in [4.78, 5) is 41.9. The van der Waals surface area contributed by atoms with Gasteiger partial charge in [-0.15, -0.1) is 0 Å². The van der Waals surface area contributed by atoms with Crippen molar-refractivity contribution < 1.29 is 9.53 Å². The van der Waals surface area contributed by atoms with Crippen molar-refractivity contribution in [2.75, 3.05) is 36.5 Å². The van der Waals surface area contributed by atoms with E-state index in [0.717, 1.165) is 66.1 Å². The fraction of sp³-hybridized carbons (Fsp3) is 0.310. The molecule has 4 heterocycles. The van der Waals surface area contributed by atoms with Gasteiger partial charge in [0, 0.05) is 47.9 Å². The van der Waals surface area contributed by atoms with E-state index in [2.05, 4.69) is 32.8 Å². The van der Waals surface area contributed by atoms with Gasteiger partial charge >= 0.3 is 0 Å². The Balaban J connectivity index is 1.18. The van der Waals surface area contributed by atoms with E-state index in [1.807, 2.05) is 41.3 Å². The molecule has 0 atom stereocenters. The first kappa shape index (κ1) is 23.2. The Morgan fingerprint density at radius 3 is 2.68 bits per heavy atom. The molecule has 4 aromatic rings. The standard InChI is InChI=1S/C29H29N5O3/c1-18-3-6-26-20(13-18)9-12-34(26)29(36)25-16-27(31-17-30-25)33-10-7-19(8-11-33)23-15-21-14-22(37-2)4-5-24(21)32-28(23)35/h3-6,13-17,19H,7-12H2,1-2H3,(H,32,35). The number of H-pyrrole nitrogens is 1. The van der Waals surface area contributed by atoms with Crippen LogP contribution in [-0.2, 0) is 6.42 Å². The average Bonchev–Trinajstić information content (AvgIpc) is 3.35. The number of aromatic amines is 1. The molecule has 1 saturated heterocycles. The Labute approximate surface area is 214 Å².